The molecule has 0 spiro atoms. The number of esters is 6. The Balaban J connectivity index is 0.782. The molecule has 0 atom stereocenters. The van der Waals surface area contributed by atoms with Gasteiger partial charge >= 0.3 is 35.8 Å². The molecule has 0 aromatic heterocycles. The normalized spacial score (nSPS) is 29.5. The zero-order valence-corrected chi connectivity index (χ0v) is 49.4. The van der Waals surface area contributed by atoms with Crippen LogP contribution in [0.2, 0.25) is 0 Å². The van der Waals surface area contributed by atoms with Gasteiger partial charge in [0.2, 0.25) is 0 Å². The van der Waals surface area contributed by atoms with Gasteiger partial charge in [-0.2, -0.15) is 0 Å². The molecular formula is C65H88O14S. The molecule has 15 heteroatoms. The Morgan fingerprint density at radius 3 is 1.04 bits per heavy atom. The average molecular weight is 1130 g/mol. The highest BCUT2D eigenvalue weighted by molar-refractivity contribution is 7.90. The molecule has 6 aliphatic rings. The molecule has 0 amide bonds. The van der Waals surface area contributed by atoms with E-state index in [9.17, 15) is 37.2 Å². The van der Waals surface area contributed by atoms with Gasteiger partial charge in [-0.05, 0) is 213 Å². The maximum absolute atomic E-state index is 13.7. The van der Waals surface area contributed by atoms with Gasteiger partial charge in [0.1, 0.15) is 35.9 Å². The standard InChI is InChI=1S/C65H88O14S/c1-64(2,3)49-24-20-46(21-25-49)60(68)76-53-32-28-51(29-33-53)74-58(66)42-12-14-44(15-13-42)62(70)78-55-36-39-57(48(40-55)11-8-41-9-37-56(38-10-41)80(7,72)73)79-63(71)45-18-16-43(17-19-45)59(67)75-52-30-34-54(35-31-52)77-61(69)47-22-26-50(27-23-47)65(4,5)6/h9-10,36-40,42-47,49-54H,12-35H2,1-7H3. The molecule has 0 unspecified atom stereocenters. The quantitative estimate of drug-likeness (QED) is 0.0796. The molecule has 0 aliphatic heterocycles. The molecule has 6 fully saturated rings. The minimum atomic E-state index is -3.43. The summed E-state index contributed by atoms with van der Waals surface area (Å²) in [6, 6.07) is 10.7. The first-order chi connectivity index (χ1) is 37.9. The molecule has 0 heterocycles. The highest BCUT2D eigenvalue weighted by Crippen LogP contribution is 2.43. The lowest BCUT2D eigenvalue weighted by molar-refractivity contribution is -0.165. The van der Waals surface area contributed by atoms with Crippen LogP contribution in [0.4, 0.5) is 0 Å². The SMILES string of the molecule is CC(C)(C)C1CCC(C(=O)OC2CCC(OC(=O)C3CCC(C(=O)Oc4ccc(OC(=O)C5CCC(C(=O)OC6CCC(OC(=O)C7CCC(C(C)(C)C)CC7)CC6)CC5)c(C#Cc5ccc(S(C)(=O)=O)cc5)c4)CC3)CC2)CC1. The van der Waals surface area contributed by atoms with Gasteiger partial charge in [-0.15, -0.1) is 0 Å². The summed E-state index contributed by atoms with van der Waals surface area (Å²) in [7, 11) is -3.43. The van der Waals surface area contributed by atoms with Crippen molar-refractivity contribution >= 4 is 45.7 Å². The van der Waals surface area contributed by atoms with E-state index in [1.165, 1.54) is 24.3 Å². The minimum Gasteiger partial charge on any atom is -0.462 e. The Bertz CT molecular complexity index is 2660. The van der Waals surface area contributed by atoms with E-state index in [-0.39, 0.29) is 105 Å². The van der Waals surface area contributed by atoms with Crippen LogP contribution in [-0.2, 0) is 57.6 Å². The van der Waals surface area contributed by atoms with Gasteiger partial charge in [-0.1, -0.05) is 53.4 Å². The van der Waals surface area contributed by atoms with Crippen molar-refractivity contribution < 1.29 is 65.6 Å². The zero-order chi connectivity index (χ0) is 57.4. The fraction of sp³-hybridized carbons (Fsp3) is 0.692. The van der Waals surface area contributed by atoms with Crippen LogP contribution >= 0.6 is 0 Å². The van der Waals surface area contributed by atoms with Gasteiger partial charge in [0.25, 0.3) is 0 Å². The number of benzene rings is 2. The number of sulfone groups is 1. The van der Waals surface area contributed by atoms with E-state index in [4.69, 9.17) is 28.4 Å². The van der Waals surface area contributed by atoms with Crippen LogP contribution in [0.5, 0.6) is 11.5 Å². The van der Waals surface area contributed by atoms with Crippen molar-refractivity contribution in [2.75, 3.05) is 6.26 Å². The lowest BCUT2D eigenvalue weighted by atomic mass is 9.70. The monoisotopic (exact) mass is 1120 g/mol. The molecule has 0 N–H and O–H groups in total. The summed E-state index contributed by atoms with van der Waals surface area (Å²) in [6.07, 6.45) is 17.0. The third kappa shape index (κ3) is 16.9. The lowest BCUT2D eigenvalue weighted by Gasteiger charge is -2.37. The molecule has 438 valence electrons. The molecule has 2 aromatic rings. The summed E-state index contributed by atoms with van der Waals surface area (Å²) < 4.78 is 59.9. The average Bonchev–Trinajstić information content (AvgIpc) is 3.44. The van der Waals surface area contributed by atoms with Crippen molar-refractivity contribution in [2.45, 2.75) is 225 Å². The fourth-order valence-corrected chi connectivity index (χ4v) is 13.8. The first-order valence-electron chi connectivity index (χ1n) is 30.2. The maximum Gasteiger partial charge on any atom is 0.314 e. The summed E-state index contributed by atoms with van der Waals surface area (Å²) in [6.45, 7) is 13.6. The van der Waals surface area contributed by atoms with E-state index >= 15 is 0 Å². The fourth-order valence-electron chi connectivity index (χ4n) is 13.2. The number of hydrogen-bond donors (Lipinski definition) is 0. The minimum absolute atomic E-state index is 0.0318. The molecular weight excluding hydrogens is 1040 g/mol. The van der Waals surface area contributed by atoms with Crippen LogP contribution < -0.4 is 9.47 Å². The van der Waals surface area contributed by atoms with Crippen LogP contribution in [0.1, 0.15) is 207 Å². The molecule has 6 saturated carbocycles. The second-order valence-electron chi connectivity index (χ2n) is 26.5. The van der Waals surface area contributed by atoms with Gasteiger partial charge in [0.15, 0.2) is 9.84 Å². The number of rotatable bonds is 13. The first kappa shape index (κ1) is 60.9. The number of hydrogen-bond acceptors (Lipinski definition) is 14. The van der Waals surface area contributed by atoms with Crippen LogP contribution in [0.25, 0.3) is 0 Å². The Labute approximate surface area is 475 Å². The predicted molar refractivity (Wildman–Crippen MR) is 300 cm³/mol. The summed E-state index contributed by atoms with van der Waals surface area (Å²) in [5.41, 5.74) is 1.28. The van der Waals surface area contributed by atoms with Crippen LogP contribution in [0, 0.1) is 70.0 Å². The maximum atomic E-state index is 13.7. The smallest absolute Gasteiger partial charge is 0.314 e. The van der Waals surface area contributed by atoms with Crippen molar-refractivity contribution in [1.29, 1.82) is 0 Å². The lowest BCUT2D eigenvalue weighted by Crippen LogP contribution is -2.35. The molecule has 14 nitrogen and oxygen atoms in total. The Morgan fingerprint density at radius 2 is 0.713 bits per heavy atom. The van der Waals surface area contributed by atoms with Crippen molar-refractivity contribution in [1.82, 2.24) is 0 Å². The second-order valence-corrected chi connectivity index (χ2v) is 28.5. The van der Waals surface area contributed by atoms with Crippen LogP contribution in [0.15, 0.2) is 47.4 Å². The predicted octanol–water partition coefficient (Wildman–Crippen LogP) is 12.4. The van der Waals surface area contributed by atoms with E-state index in [0.29, 0.717) is 120 Å². The Kier molecular flexibility index (Phi) is 20.4. The summed E-state index contributed by atoms with van der Waals surface area (Å²) >= 11 is 0. The van der Waals surface area contributed by atoms with Crippen molar-refractivity contribution in [3.8, 4) is 23.3 Å². The Hall–Kier alpha value is -5.23. The number of carbonyl (C=O) groups is 6. The van der Waals surface area contributed by atoms with Crippen molar-refractivity contribution in [2.24, 2.45) is 58.2 Å². The summed E-state index contributed by atoms with van der Waals surface area (Å²) in [4.78, 5) is 80.2. The van der Waals surface area contributed by atoms with E-state index < -0.39 is 33.6 Å². The van der Waals surface area contributed by atoms with Gasteiger partial charge < -0.3 is 28.4 Å². The summed E-state index contributed by atoms with van der Waals surface area (Å²) in [5, 5.41) is 0. The third-order valence-corrected chi connectivity index (χ3v) is 19.9. The van der Waals surface area contributed by atoms with Gasteiger partial charge in [0, 0.05) is 17.9 Å². The van der Waals surface area contributed by atoms with E-state index in [0.717, 1.165) is 57.6 Å². The van der Waals surface area contributed by atoms with Crippen molar-refractivity contribution in [3.05, 3.63) is 53.6 Å². The first-order valence-corrected chi connectivity index (χ1v) is 32.1. The summed E-state index contributed by atoms with van der Waals surface area (Å²) in [5.74, 6) is 4.42. The molecule has 6 aliphatic carbocycles. The molecule has 0 radical (unpaired) electrons. The van der Waals surface area contributed by atoms with Gasteiger partial charge in [-0.3, -0.25) is 28.8 Å². The highest BCUT2D eigenvalue weighted by atomic mass is 32.2. The second kappa shape index (κ2) is 26.8. The van der Waals surface area contributed by atoms with Gasteiger partial charge in [0.05, 0.1) is 46.0 Å². The van der Waals surface area contributed by atoms with Crippen molar-refractivity contribution in [3.63, 3.8) is 0 Å². The van der Waals surface area contributed by atoms with E-state index in [1.54, 1.807) is 18.2 Å². The molecule has 2 aromatic carbocycles. The topological polar surface area (TPSA) is 192 Å². The third-order valence-electron chi connectivity index (χ3n) is 18.7. The van der Waals surface area contributed by atoms with E-state index in [1.807, 2.05) is 0 Å². The van der Waals surface area contributed by atoms with Crippen LogP contribution in [0.3, 0.4) is 0 Å². The highest BCUT2D eigenvalue weighted by Gasteiger charge is 2.39. The molecule has 8 rings (SSSR count). The number of ether oxygens (including phenoxy) is 6. The molecule has 80 heavy (non-hydrogen) atoms. The largest absolute Gasteiger partial charge is 0.462 e. The van der Waals surface area contributed by atoms with Crippen LogP contribution in [-0.4, -0.2) is 74.9 Å². The Morgan fingerprint density at radius 1 is 0.400 bits per heavy atom. The zero-order valence-electron chi connectivity index (χ0n) is 48.6. The molecule has 0 saturated heterocycles. The number of carbonyl (C=O) groups excluding carboxylic acids is 6. The van der Waals surface area contributed by atoms with Gasteiger partial charge in [-0.25, -0.2) is 8.42 Å². The molecule has 0 bridgehead atoms. The van der Waals surface area contributed by atoms with E-state index in [2.05, 4.69) is 53.4 Å².